The zero-order valence-corrected chi connectivity index (χ0v) is 10.8. The molecule has 0 aliphatic rings. The monoisotopic (exact) mass is 259 g/mol. The second-order valence-electron chi connectivity index (χ2n) is 3.50. The van der Waals surface area contributed by atoms with Crippen LogP contribution in [-0.4, -0.2) is 49.7 Å². The molecule has 1 aromatic rings. The zero-order chi connectivity index (χ0) is 12.9. The molecule has 0 unspecified atom stereocenters. The SMILES string of the molecule is C=CCN(CCOC)S(=O)(=O)c1cn[nH]c1C. The van der Waals surface area contributed by atoms with Crippen LogP contribution in [0.1, 0.15) is 5.69 Å². The van der Waals surface area contributed by atoms with Crippen molar-refractivity contribution in [1.82, 2.24) is 14.5 Å². The van der Waals surface area contributed by atoms with E-state index in [9.17, 15) is 8.42 Å². The molecule has 0 saturated heterocycles. The molecule has 0 amide bonds. The van der Waals surface area contributed by atoms with Crippen LogP contribution in [0.15, 0.2) is 23.7 Å². The van der Waals surface area contributed by atoms with Gasteiger partial charge in [0.25, 0.3) is 0 Å². The molecule has 7 heteroatoms. The van der Waals surface area contributed by atoms with Gasteiger partial charge >= 0.3 is 0 Å². The third kappa shape index (κ3) is 3.15. The van der Waals surface area contributed by atoms with E-state index in [1.54, 1.807) is 13.0 Å². The summed E-state index contributed by atoms with van der Waals surface area (Å²) in [5, 5.41) is 6.34. The van der Waals surface area contributed by atoms with Crippen LogP contribution in [0, 0.1) is 6.92 Å². The van der Waals surface area contributed by atoms with Crippen LogP contribution in [0.25, 0.3) is 0 Å². The lowest BCUT2D eigenvalue weighted by Gasteiger charge is -2.19. The van der Waals surface area contributed by atoms with E-state index in [4.69, 9.17) is 4.74 Å². The molecule has 17 heavy (non-hydrogen) atoms. The minimum Gasteiger partial charge on any atom is -0.383 e. The second-order valence-corrected chi connectivity index (χ2v) is 5.41. The van der Waals surface area contributed by atoms with Crippen LogP contribution in [0.5, 0.6) is 0 Å². The van der Waals surface area contributed by atoms with Gasteiger partial charge in [-0.05, 0) is 6.92 Å². The van der Waals surface area contributed by atoms with Gasteiger partial charge in [0.2, 0.25) is 10.0 Å². The van der Waals surface area contributed by atoms with E-state index in [-0.39, 0.29) is 18.0 Å². The molecular formula is C10H17N3O3S. The minimum absolute atomic E-state index is 0.190. The number of ether oxygens (including phenoxy) is 1. The highest BCUT2D eigenvalue weighted by Crippen LogP contribution is 2.17. The normalized spacial score (nSPS) is 11.9. The summed E-state index contributed by atoms with van der Waals surface area (Å²) in [5.74, 6) is 0. The molecule has 6 nitrogen and oxygen atoms in total. The van der Waals surface area contributed by atoms with Crippen molar-refractivity contribution in [3.8, 4) is 0 Å². The van der Waals surface area contributed by atoms with Crippen LogP contribution in [0.4, 0.5) is 0 Å². The van der Waals surface area contributed by atoms with Crippen LogP contribution in [-0.2, 0) is 14.8 Å². The number of aromatic nitrogens is 2. The van der Waals surface area contributed by atoms with E-state index in [0.717, 1.165) is 0 Å². The Kier molecular flexibility index (Phi) is 4.86. The van der Waals surface area contributed by atoms with E-state index in [2.05, 4.69) is 16.8 Å². The quantitative estimate of drug-likeness (QED) is 0.725. The van der Waals surface area contributed by atoms with Crippen molar-refractivity contribution in [3.05, 3.63) is 24.5 Å². The first-order chi connectivity index (χ1) is 8.04. The number of hydrogen-bond donors (Lipinski definition) is 1. The second kappa shape index (κ2) is 5.95. The Bertz CT molecular complexity index is 467. The molecule has 0 aliphatic heterocycles. The predicted octanol–water partition coefficient (Wildman–Crippen LogP) is 0.541. The number of nitrogens with zero attached hydrogens (tertiary/aromatic N) is 2. The van der Waals surface area contributed by atoms with Gasteiger partial charge in [0.05, 0.1) is 18.5 Å². The highest BCUT2D eigenvalue weighted by molar-refractivity contribution is 7.89. The molecule has 1 N–H and O–H groups in total. The Hall–Kier alpha value is -1.18. The summed E-state index contributed by atoms with van der Waals surface area (Å²) in [4.78, 5) is 0.190. The minimum atomic E-state index is -3.53. The van der Waals surface area contributed by atoms with Crippen molar-refractivity contribution in [2.45, 2.75) is 11.8 Å². The molecular weight excluding hydrogens is 242 g/mol. The fourth-order valence-electron chi connectivity index (χ4n) is 1.39. The number of aryl methyl sites for hydroxylation is 1. The average molecular weight is 259 g/mol. The number of hydrogen-bond acceptors (Lipinski definition) is 4. The van der Waals surface area contributed by atoms with Gasteiger partial charge in [-0.2, -0.15) is 9.40 Å². The Morgan fingerprint density at radius 3 is 2.82 bits per heavy atom. The third-order valence-electron chi connectivity index (χ3n) is 2.28. The Morgan fingerprint density at radius 2 is 2.35 bits per heavy atom. The van der Waals surface area contributed by atoms with Crippen molar-refractivity contribution in [2.75, 3.05) is 26.8 Å². The molecule has 0 aliphatic carbocycles. The highest BCUT2D eigenvalue weighted by Gasteiger charge is 2.26. The van der Waals surface area contributed by atoms with Crippen LogP contribution in [0.2, 0.25) is 0 Å². The molecule has 1 aromatic heterocycles. The molecule has 0 aromatic carbocycles. The maximum absolute atomic E-state index is 12.3. The highest BCUT2D eigenvalue weighted by atomic mass is 32.2. The van der Waals surface area contributed by atoms with Crippen molar-refractivity contribution in [1.29, 1.82) is 0 Å². The molecule has 0 fully saturated rings. The lowest BCUT2D eigenvalue weighted by atomic mass is 10.5. The average Bonchev–Trinajstić information content (AvgIpc) is 2.71. The standard InChI is InChI=1S/C10H17N3O3S/c1-4-5-13(6-7-16-3)17(14,15)10-8-11-12-9(10)2/h4,8H,1,5-7H2,2-3H3,(H,11,12). The molecule has 0 bridgehead atoms. The fraction of sp³-hybridized carbons (Fsp3) is 0.500. The molecule has 1 rings (SSSR count). The fourth-order valence-corrected chi connectivity index (χ4v) is 2.90. The van der Waals surface area contributed by atoms with E-state index in [0.29, 0.717) is 12.3 Å². The lowest BCUT2D eigenvalue weighted by Crippen LogP contribution is -2.34. The lowest BCUT2D eigenvalue weighted by molar-refractivity contribution is 0.182. The molecule has 0 spiro atoms. The summed E-state index contributed by atoms with van der Waals surface area (Å²) < 4.78 is 30.7. The topological polar surface area (TPSA) is 75.3 Å². The largest absolute Gasteiger partial charge is 0.383 e. The third-order valence-corrected chi connectivity index (χ3v) is 4.26. The Morgan fingerprint density at radius 1 is 1.65 bits per heavy atom. The molecule has 0 saturated carbocycles. The maximum atomic E-state index is 12.3. The van der Waals surface area contributed by atoms with Gasteiger partial charge < -0.3 is 4.74 Å². The number of sulfonamides is 1. The number of nitrogens with one attached hydrogen (secondary N) is 1. The van der Waals surface area contributed by atoms with Crippen molar-refractivity contribution in [3.63, 3.8) is 0 Å². The van der Waals surface area contributed by atoms with Crippen LogP contribution in [0.3, 0.4) is 0 Å². The molecule has 1 heterocycles. The van der Waals surface area contributed by atoms with Gasteiger partial charge in [0.15, 0.2) is 0 Å². The first-order valence-electron chi connectivity index (χ1n) is 5.14. The van der Waals surface area contributed by atoms with Gasteiger partial charge in [-0.25, -0.2) is 8.42 Å². The Labute approximate surface area is 101 Å². The molecule has 96 valence electrons. The summed E-state index contributed by atoms with van der Waals surface area (Å²) in [7, 11) is -2.00. The Balaban J connectivity index is 3.00. The van der Waals surface area contributed by atoms with E-state index >= 15 is 0 Å². The van der Waals surface area contributed by atoms with E-state index in [1.165, 1.54) is 17.6 Å². The van der Waals surface area contributed by atoms with Gasteiger partial charge in [-0.15, -0.1) is 6.58 Å². The predicted molar refractivity (Wildman–Crippen MR) is 64.2 cm³/mol. The van der Waals surface area contributed by atoms with Crippen LogP contribution < -0.4 is 0 Å². The molecule has 0 radical (unpaired) electrons. The van der Waals surface area contributed by atoms with Crippen molar-refractivity contribution >= 4 is 10.0 Å². The van der Waals surface area contributed by atoms with E-state index < -0.39 is 10.0 Å². The number of methoxy groups -OCH3 is 1. The van der Waals surface area contributed by atoms with Crippen LogP contribution >= 0.6 is 0 Å². The zero-order valence-electron chi connectivity index (χ0n) is 10.0. The summed E-state index contributed by atoms with van der Waals surface area (Å²) in [5.41, 5.74) is 0.525. The first kappa shape index (κ1) is 13.9. The smallest absolute Gasteiger partial charge is 0.246 e. The van der Waals surface area contributed by atoms with Gasteiger partial charge in [-0.1, -0.05) is 6.08 Å². The summed E-state index contributed by atoms with van der Waals surface area (Å²) in [6.07, 6.45) is 2.86. The van der Waals surface area contributed by atoms with Gasteiger partial charge in [0.1, 0.15) is 4.90 Å². The maximum Gasteiger partial charge on any atom is 0.246 e. The van der Waals surface area contributed by atoms with Crippen molar-refractivity contribution in [2.24, 2.45) is 0 Å². The first-order valence-corrected chi connectivity index (χ1v) is 6.58. The summed E-state index contributed by atoms with van der Waals surface area (Å²) >= 11 is 0. The summed E-state index contributed by atoms with van der Waals surface area (Å²) in [6, 6.07) is 0. The summed E-state index contributed by atoms with van der Waals surface area (Å²) in [6.45, 7) is 6.10. The van der Waals surface area contributed by atoms with Gasteiger partial charge in [-0.3, -0.25) is 5.10 Å². The molecule has 0 atom stereocenters. The van der Waals surface area contributed by atoms with Crippen molar-refractivity contribution < 1.29 is 13.2 Å². The number of H-pyrrole nitrogens is 1. The van der Waals surface area contributed by atoms with Gasteiger partial charge in [0, 0.05) is 20.2 Å². The van der Waals surface area contributed by atoms with E-state index in [1.807, 2.05) is 0 Å². The number of aromatic amines is 1. The number of rotatable bonds is 7.